The van der Waals surface area contributed by atoms with Crippen molar-refractivity contribution in [3.63, 3.8) is 0 Å². The maximum Gasteiger partial charge on any atom is 0.241 e. The van der Waals surface area contributed by atoms with Gasteiger partial charge in [0.05, 0.1) is 18.3 Å². The van der Waals surface area contributed by atoms with Crippen LogP contribution in [-0.2, 0) is 4.79 Å². The summed E-state index contributed by atoms with van der Waals surface area (Å²) in [6.07, 6.45) is -0.759. The molecule has 0 bridgehead atoms. The van der Waals surface area contributed by atoms with E-state index in [4.69, 9.17) is 0 Å². The number of carbonyl (C=O) groups excluding carboxylic acids is 1. The van der Waals surface area contributed by atoms with Gasteiger partial charge >= 0.3 is 0 Å². The van der Waals surface area contributed by atoms with Crippen molar-refractivity contribution in [2.75, 3.05) is 31.6 Å². The zero-order valence-electron chi connectivity index (χ0n) is 10.6. The van der Waals surface area contributed by atoms with Gasteiger partial charge in [-0.1, -0.05) is 12.1 Å². The maximum atomic E-state index is 13.9. The highest BCUT2D eigenvalue weighted by Crippen LogP contribution is 2.30. The molecule has 1 aliphatic rings. The van der Waals surface area contributed by atoms with E-state index in [2.05, 4.69) is 0 Å². The predicted molar refractivity (Wildman–Crippen MR) is 66.9 cm³/mol. The van der Waals surface area contributed by atoms with E-state index in [0.717, 1.165) is 0 Å². The fourth-order valence-electron chi connectivity index (χ4n) is 2.15. The van der Waals surface area contributed by atoms with Crippen LogP contribution < -0.4 is 4.90 Å². The number of rotatable bonds is 2. The second kappa shape index (κ2) is 4.94. The average Bonchev–Trinajstić information content (AvgIpc) is 2.32. The third-order valence-corrected chi connectivity index (χ3v) is 3.24. The molecule has 0 spiro atoms. The molecule has 1 saturated heterocycles. The first kappa shape index (κ1) is 12.8. The SMILES string of the molecule is CC(O)c1cccc(F)c1N1CCN(C)C(=O)C1. The van der Waals surface area contributed by atoms with Gasteiger partial charge in [0, 0.05) is 25.7 Å². The van der Waals surface area contributed by atoms with Crippen LogP contribution in [0.5, 0.6) is 0 Å². The number of amides is 1. The summed E-state index contributed by atoms with van der Waals surface area (Å²) in [5, 5.41) is 9.69. The largest absolute Gasteiger partial charge is 0.389 e. The number of anilines is 1. The van der Waals surface area contributed by atoms with Crippen LogP contribution in [0, 0.1) is 5.82 Å². The zero-order valence-corrected chi connectivity index (χ0v) is 10.6. The molecule has 0 saturated carbocycles. The highest BCUT2D eigenvalue weighted by molar-refractivity contribution is 5.83. The topological polar surface area (TPSA) is 43.8 Å². The van der Waals surface area contributed by atoms with E-state index in [-0.39, 0.29) is 12.5 Å². The quantitative estimate of drug-likeness (QED) is 0.859. The molecular formula is C13H17FN2O2. The summed E-state index contributed by atoms with van der Waals surface area (Å²) in [4.78, 5) is 15.0. The average molecular weight is 252 g/mol. The second-order valence-corrected chi connectivity index (χ2v) is 4.59. The Kier molecular flexibility index (Phi) is 3.52. The molecule has 98 valence electrons. The monoisotopic (exact) mass is 252 g/mol. The fraction of sp³-hybridized carbons (Fsp3) is 0.462. The Balaban J connectivity index is 2.36. The molecule has 2 rings (SSSR count). The normalized spacial score (nSPS) is 18.1. The van der Waals surface area contributed by atoms with E-state index in [9.17, 15) is 14.3 Å². The highest BCUT2D eigenvalue weighted by atomic mass is 19.1. The molecule has 0 aliphatic carbocycles. The van der Waals surface area contributed by atoms with Gasteiger partial charge in [-0.25, -0.2) is 4.39 Å². The molecule has 0 radical (unpaired) electrons. The van der Waals surface area contributed by atoms with Crippen LogP contribution >= 0.6 is 0 Å². The molecule has 1 aromatic rings. The summed E-state index contributed by atoms with van der Waals surface area (Å²) in [7, 11) is 1.73. The first-order valence-electron chi connectivity index (χ1n) is 5.96. The van der Waals surface area contributed by atoms with Crippen LogP contribution in [0.3, 0.4) is 0 Å². The maximum absolute atomic E-state index is 13.9. The van der Waals surface area contributed by atoms with E-state index in [0.29, 0.717) is 24.3 Å². The van der Waals surface area contributed by atoms with Gasteiger partial charge in [-0.05, 0) is 13.0 Å². The van der Waals surface area contributed by atoms with E-state index >= 15 is 0 Å². The van der Waals surface area contributed by atoms with Crippen molar-refractivity contribution in [3.05, 3.63) is 29.6 Å². The Bertz CT molecular complexity index is 462. The summed E-state index contributed by atoms with van der Waals surface area (Å²) in [6, 6.07) is 4.61. The number of carbonyl (C=O) groups is 1. The fourth-order valence-corrected chi connectivity index (χ4v) is 2.15. The number of nitrogens with zero attached hydrogens (tertiary/aromatic N) is 2. The number of hydrogen-bond donors (Lipinski definition) is 1. The minimum atomic E-state index is -0.759. The Morgan fingerprint density at radius 2 is 2.11 bits per heavy atom. The molecular weight excluding hydrogens is 235 g/mol. The first-order chi connectivity index (χ1) is 8.50. The zero-order chi connectivity index (χ0) is 13.3. The van der Waals surface area contributed by atoms with Crippen molar-refractivity contribution in [2.24, 2.45) is 0 Å². The lowest BCUT2D eigenvalue weighted by atomic mass is 10.1. The van der Waals surface area contributed by atoms with E-state index in [1.807, 2.05) is 0 Å². The predicted octanol–water partition coefficient (Wildman–Crippen LogP) is 1.16. The minimum absolute atomic E-state index is 0.0407. The molecule has 1 N–H and O–H groups in total. The van der Waals surface area contributed by atoms with Crippen molar-refractivity contribution in [3.8, 4) is 0 Å². The van der Waals surface area contributed by atoms with Gasteiger partial charge in [0.2, 0.25) is 5.91 Å². The van der Waals surface area contributed by atoms with Crippen molar-refractivity contribution in [1.82, 2.24) is 4.90 Å². The summed E-state index contributed by atoms with van der Waals surface area (Å²) in [6.45, 7) is 2.88. The lowest BCUT2D eigenvalue weighted by Gasteiger charge is -2.35. The standard InChI is InChI=1S/C13H17FN2O2/c1-9(17)10-4-3-5-11(14)13(10)16-7-6-15(2)12(18)8-16/h3-5,9,17H,6-8H2,1-2H3. The highest BCUT2D eigenvalue weighted by Gasteiger charge is 2.25. The molecule has 1 heterocycles. The number of piperazine rings is 1. The number of likely N-dealkylation sites (N-methyl/N-ethyl adjacent to an activating group) is 1. The second-order valence-electron chi connectivity index (χ2n) is 4.59. The van der Waals surface area contributed by atoms with Crippen LogP contribution in [0.4, 0.5) is 10.1 Å². The third kappa shape index (κ3) is 2.31. The number of halogens is 1. The number of aliphatic hydroxyl groups excluding tert-OH is 1. The van der Waals surface area contributed by atoms with Crippen molar-refractivity contribution >= 4 is 11.6 Å². The lowest BCUT2D eigenvalue weighted by Crippen LogP contribution is -2.49. The molecule has 1 atom stereocenters. The molecule has 1 fully saturated rings. The van der Waals surface area contributed by atoms with E-state index < -0.39 is 11.9 Å². The summed E-state index contributed by atoms with van der Waals surface area (Å²) in [5.74, 6) is -0.438. The van der Waals surface area contributed by atoms with E-state index in [1.165, 1.54) is 6.07 Å². The van der Waals surface area contributed by atoms with Crippen molar-refractivity contribution in [2.45, 2.75) is 13.0 Å². The number of benzene rings is 1. The van der Waals surface area contributed by atoms with Gasteiger partial charge in [0.15, 0.2) is 0 Å². The van der Waals surface area contributed by atoms with Gasteiger partial charge in [0.25, 0.3) is 0 Å². The van der Waals surface area contributed by atoms with Crippen molar-refractivity contribution in [1.29, 1.82) is 0 Å². The van der Waals surface area contributed by atoms with Gasteiger partial charge < -0.3 is 14.9 Å². The molecule has 1 aliphatic heterocycles. The molecule has 0 aromatic heterocycles. The molecule has 1 unspecified atom stereocenters. The Morgan fingerprint density at radius 3 is 2.72 bits per heavy atom. The lowest BCUT2D eigenvalue weighted by molar-refractivity contribution is -0.129. The molecule has 1 aromatic carbocycles. The molecule has 18 heavy (non-hydrogen) atoms. The van der Waals surface area contributed by atoms with Crippen LogP contribution in [0.25, 0.3) is 0 Å². The van der Waals surface area contributed by atoms with Gasteiger partial charge in [-0.3, -0.25) is 4.79 Å². The molecule has 5 heteroatoms. The smallest absolute Gasteiger partial charge is 0.241 e. The van der Waals surface area contributed by atoms with Crippen LogP contribution in [0.1, 0.15) is 18.6 Å². The number of para-hydroxylation sites is 1. The van der Waals surface area contributed by atoms with Gasteiger partial charge in [-0.2, -0.15) is 0 Å². The Labute approximate surface area is 106 Å². The van der Waals surface area contributed by atoms with E-state index in [1.54, 1.807) is 35.9 Å². The summed E-state index contributed by atoms with van der Waals surface area (Å²) in [5.41, 5.74) is 0.862. The van der Waals surface area contributed by atoms with Gasteiger partial charge in [0.1, 0.15) is 5.82 Å². The summed E-state index contributed by atoms with van der Waals surface area (Å²) >= 11 is 0. The van der Waals surface area contributed by atoms with Gasteiger partial charge in [-0.15, -0.1) is 0 Å². The van der Waals surface area contributed by atoms with Crippen LogP contribution in [-0.4, -0.2) is 42.6 Å². The van der Waals surface area contributed by atoms with Crippen molar-refractivity contribution < 1.29 is 14.3 Å². The third-order valence-electron chi connectivity index (χ3n) is 3.24. The van der Waals surface area contributed by atoms with Crippen LogP contribution in [0.2, 0.25) is 0 Å². The molecule has 1 amide bonds. The number of aliphatic hydroxyl groups is 1. The first-order valence-corrected chi connectivity index (χ1v) is 5.96. The molecule has 4 nitrogen and oxygen atoms in total. The minimum Gasteiger partial charge on any atom is -0.389 e. The summed E-state index contributed by atoms with van der Waals surface area (Å²) < 4.78 is 13.9. The van der Waals surface area contributed by atoms with Crippen LogP contribution in [0.15, 0.2) is 18.2 Å². The Morgan fingerprint density at radius 1 is 1.39 bits per heavy atom. The Hall–Kier alpha value is -1.62. The number of hydrogen-bond acceptors (Lipinski definition) is 3.